The molecule has 0 spiro atoms. The van der Waals surface area contributed by atoms with Crippen LogP contribution in [0.3, 0.4) is 0 Å². The monoisotopic (exact) mass is 426 g/mol. The molecule has 168 valence electrons. The quantitative estimate of drug-likeness (QED) is 0.437. The van der Waals surface area contributed by atoms with Gasteiger partial charge >= 0.3 is 5.97 Å². The fourth-order valence-electron chi connectivity index (χ4n) is 3.91. The molecule has 0 aliphatic carbocycles. The van der Waals surface area contributed by atoms with Gasteiger partial charge in [-0.2, -0.15) is 0 Å². The third-order valence-electron chi connectivity index (χ3n) is 6.10. The fourth-order valence-corrected chi connectivity index (χ4v) is 3.91. The number of fused-ring (bicyclic) bond motifs is 1. The first kappa shape index (κ1) is 22.8. The van der Waals surface area contributed by atoms with Gasteiger partial charge in [0.05, 0.1) is 6.61 Å². The number of ether oxygens (including phenoxy) is 3. The van der Waals surface area contributed by atoms with Crippen LogP contribution in [0.2, 0.25) is 0 Å². The fraction of sp³-hybridized carbons (Fsp3) is 0.667. The Morgan fingerprint density at radius 3 is 2.53 bits per heavy atom. The number of carboxylic acids is 1. The molecule has 9 heteroatoms. The van der Waals surface area contributed by atoms with Gasteiger partial charge in [-0.15, -0.1) is 0 Å². The van der Waals surface area contributed by atoms with E-state index in [-0.39, 0.29) is 6.42 Å². The summed E-state index contributed by atoms with van der Waals surface area (Å²) in [5, 5.41) is 48.5. The number of aryl methyl sites for hydroxylation is 1. The van der Waals surface area contributed by atoms with Gasteiger partial charge in [0.2, 0.25) is 6.29 Å². The Labute approximate surface area is 174 Å². The number of carboxylic acid groups (broad SMARTS) is 1. The van der Waals surface area contributed by atoms with E-state index in [0.717, 1.165) is 16.7 Å². The van der Waals surface area contributed by atoms with E-state index >= 15 is 0 Å². The van der Waals surface area contributed by atoms with Crippen LogP contribution in [0.25, 0.3) is 0 Å². The summed E-state index contributed by atoms with van der Waals surface area (Å²) in [7, 11) is 0. The van der Waals surface area contributed by atoms with Crippen molar-refractivity contribution >= 4 is 5.97 Å². The van der Waals surface area contributed by atoms with Crippen molar-refractivity contribution in [1.82, 2.24) is 0 Å². The van der Waals surface area contributed by atoms with Crippen LogP contribution in [0, 0.1) is 13.8 Å². The summed E-state index contributed by atoms with van der Waals surface area (Å²) < 4.78 is 17.5. The molecule has 0 aromatic heterocycles. The number of hydrogen-bond donors (Lipinski definition) is 5. The Hall–Kier alpha value is -1.91. The van der Waals surface area contributed by atoms with Crippen LogP contribution in [-0.4, -0.2) is 74.4 Å². The number of aliphatic hydroxyl groups excluding tert-OH is 4. The predicted molar refractivity (Wildman–Crippen MR) is 105 cm³/mol. The van der Waals surface area contributed by atoms with Crippen molar-refractivity contribution in [2.24, 2.45) is 0 Å². The molecule has 5 N–H and O–H groups in total. The molecule has 2 aliphatic rings. The van der Waals surface area contributed by atoms with E-state index in [1.165, 1.54) is 0 Å². The van der Waals surface area contributed by atoms with Crippen LogP contribution in [0.15, 0.2) is 6.07 Å². The lowest BCUT2D eigenvalue weighted by atomic mass is 9.87. The van der Waals surface area contributed by atoms with Crippen molar-refractivity contribution in [3.63, 3.8) is 0 Å². The zero-order chi connectivity index (χ0) is 22.2. The first-order valence-corrected chi connectivity index (χ1v) is 10.1. The average Bonchev–Trinajstić information content (AvgIpc) is 2.71. The molecule has 9 nitrogen and oxygen atoms in total. The summed E-state index contributed by atoms with van der Waals surface area (Å²) >= 11 is 0. The summed E-state index contributed by atoms with van der Waals surface area (Å²) in [5.74, 6) is 0.280. The topological polar surface area (TPSA) is 146 Å². The van der Waals surface area contributed by atoms with Gasteiger partial charge in [-0.3, -0.25) is 4.79 Å². The number of aliphatic hydroxyl groups is 4. The van der Waals surface area contributed by atoms with Crippen LogP contribution < -0.4 is 9.47 Å². The molecule has 1 aromatic carbocycles. The number of rotatable bonds is 6. The van der Waals surface area contributed by atoms with E-state index in [2.05, 4.69) is 0 Å². The zero-order valence-corrected chi connectivity index (χ0v) is 17.4. The van der Waals surface area contributed by atoms with Crippen LogP contribution in [0.1, 0.15) is 42.9 Å². The highest BCUT2D eigenvalue weighted by Gasteiger charge is 2.45. The molecule has 30 heavy (non-hydrogen) atoms. The predicted octanol–water partition coefficient (Wildman–Crippen LogP) is 0.431. The van der Waals surface area contributed by atoms with Crippen LogP contribution in [-0.2, 0) is 16.0 Å². The minimum Gasteiger partial charge on any atom is -0.487 e. The normalized spacial score (nSPS) is 33.5. The second-order valence-corrected chi connectivity index (χ2v) is 8.37. The van der Waals surface area contributed by atoms with E-state index in [0.29, 0.717) is 30.8 Å². The molecular formula is C21H30O9. The number of aliphatic carboxylic acids is 1. The largest absolute Gasteiger partial charge is 0.487 e. The minimum absolute atomic E-state index is 0.0299. The Morgan fingerprint density at radius 1 is 1.20 bits per heavy atom. The highest BCUT2D eigenvalue weighted by Crippen LogP contribution is 2.42. The molecule has 3 rings (SSSR count). The van der Waals surface area contributed by atoms with E-state index in [4.69, 9.17) is 19.3 Å². The summed E-state index contributed by atoms with van der Waals surface area (Å²) in [4.78, 5) is 10.9. The van der Waals surface area contributed by atoms with Gasteiger partial charge in [-0.1, -0.05) is 0 Å². The number of hydrogen-bond acceptors (Lipinski definition) is 8. The first-order chi connectivity index (χ1) is 14.1. The summed E-state index contributed by atoms with van der Waals surface area (Å²) in [6.07, 6.45) is -5.02. The molecular weight excluding hydrogens is 396 g/mol. The Bertz CT molecular complexity index is 793. The maximum Gasteiger partial charge on any atom is 0.303 e. The summed E-state index contributed by atoms with van der Waals surface area (Å²) in [6.45, 7) is 5.07. The highest BCUT2D eigenvalue weighted by molar-refractivity contribution is 5.66. The minimum atomic E-state index is -1.52. The lowest BCUT2D eigenvalue weighted by molar-refractivity contribution is -0.277. The highest BCUT2D eigenvalue weighted by atomic mass is 16.7. The standard InChI is InChI=1S/C21H30O9/c1-10-11(2)19-12(4-6-21(3,30-19)7-5-15(23)24)8-13(10)28-20-18(27)17(26)16(25)14(9-22)29-20/h8,14,16-18,20,22,25-27H,4-7,9H2,1-3H3,(H,23,24)/t14?,16-,17+,18?,20-,21?/m1/s1. The third kappa shape index (κ3) is 4.40. The summed E-state index contributed by atoms with van der Waals surface area (Å²) in [6, 6.07) is 1.79. The van der Waals surface area contributed by atoms with Crippen LogP contribution in [0.4, 0.5) is 0 Å². The Balaban J connectivity index is 1.82. The van der Waals surface area contributed by atoms with E-state index in [1.807, 2.05) is 20.8 Å². The molecule has 2 heterocycles. The molecule has 1 aromatic rings. The molecule has 2 aliphatic heterocycles. The van der Waals surface area contributed by atoms with Gasteiger partial charge in [0.1, 0.15) is 41.5 Å². The summed E-state index contributed by atoms with van der Waals surface area (Å²) in [5.41, 5.74) is 1.90. The van der Waals surface area contributed by atoms with Gasteiger partial charge in [0, 0.05) is 6.42 Å². The molecule has 1 saturated heterocycles. The van der Waals surface area contributed by atoms with Gasteiger partial charge in [0.15, 0.2) is 0 Å². The van der Waals surface area contributed by atoms with Crippen molar-refractivity contribution in [3.05, 3.63) is 22.8 Å². The van der Waals surface area contributed by atoms with Crippen molar-refractivity contribution in [2.45, 2.75) is 82.8 Å². The van der Waals surface area contributed by atoms with Gasteiger partial charge in [-0.25, -0.2) is 0 Å². The Kier molecular flexibility index (Phi) is 6.59. The molecule has 1 fully saturated rings. The smallest absolute Gasteiger partial charge is 0.303 e. The first-order valence-electron chi connectivity index (χ1n) is 10.1. The molecule has 0 bridgehead atoms. The van der Waals surface area contributed by atoms with E-state index in [1.54, 1.807) is 6.07 Å². The van der Waals surface area contributed by atoms with Crippen molar-refractivity contribution in [2.75, 3.05) is 6.61 Å². The van der Waals surface area contributed by atoms with Crippen LogP contribution in [0.5, 0.6) is 11.5 Å². The molecule has 0 saturated carbocycles. The third-order valence-corrected chi connectivity index (χ3v) is 6.10. The average molecular weight is 426 g/mol. The molecule has 0 amide bonds. The van der Waals surface area contributed by atoms with Gasteiger partial charge in [-0.05, 0) is 62.8 Å². The lowest BCUT2D eigenvalue weighted by Crippen LogP contribution is -2.60. The molecule has 6 atom stereocenters. The van der Waals surface area contributed by atoms with Crippen molar-refractivity contribution in [1.29, 1.82) is 0 Å². The van der Waals surface area contributed by atoms with Crippen LogP contribution >= 0.6 is 0 Å². The van der Waals surface area contributed by atoms with E-state index < -0.39 is 48.9 Å². The van der Waals surface area contributed by atoms with Crippen molar-refractivity contribution < 1.29 is 44.5 Å². The van der Waals surface area contributed by atoms with Gasteiger partial charge in [0.25, 0.3) is 0 Å². The van der Waals surface area contributed by atoms with E-state index in [9.17, 15) is 25.2 Å². The number of carbonyl (C=O) groups is 1. The maximum absolute atomic E-state index is 10.9. The number of benzene rings is 1. The maximum atomic E-state index is 10.9. The van der Waals surface area contributed by atoms with Gasteiger partial charge < -0.3 is 39.7 Å². The SMILES string of the molecule is Cc1c(O[C@@H]2OC(CO)[C@@H](O)[C@H](O)C2O)cc2c(c1C)OC(C)(CCC(=O)O)CC2. The Morgan fingerprint density at radius 2 is 1.90 bits per heavy atom. The lowest BCUT2D eigenvalue weighted by Gasteiger charge is -2.40. The second kappa shape index (κ2) is 8.68. The molecule has 3 unspecified atom stereocenters. The van der Waals surface area contributed by atoms with Crippen molar-refractivity contribution in [3.8, 4) is 11.5 Å². The second-order valence-electron chi connectivity index (χ2n) is 8.37. The zero-order valence-electron chi connectivity index (χ0n) is 17.4. The molecule has 0 radical (unpaired) electrons.